The van der Waals surface area contributed by atoms with Crippen LogP contribution >= 0.6 is 0 Å². The third-order valence-corrected chi connectivity index (χ3v) is 3.57. The number of piperidine rings is 1. The van der Waals surface area contributed by atoms with E-state index < -0.39 is 0 Å². The molecule has 0 spiro atoms. The summed E-state index contributed by atoms with van der Waals surface area (Å²) >= 11 is 0. The number of fused-ring (bicyclic) bond motifs is 1. The molecule has 0 radical (unpaired) electrons. The Morgan fingerprint density at radius 1 is 1.53 bits per heavy atom. The lowest BCUT2D eigenvalue weighted by Crippen LogP contribution is -2.41. The van der Waals surface area contributed by atoms with E-state index in [0.717, 1.165) is 30.6 Å². The van der Waals surface area contributed by atoms with Crippen molar-refractivity contribution in [2.75, 3.05) is 23.7 Å². The van der Waals surface area contributed by atoms with E-state index in [-0.39, 0.29) is 11.4 Å². The average Bonchev–Trinajstić information content (AvgIpc) is 2.86. The van der Waals surface area contributed by atoms with Gasteiger partial charge in [0.2, 0.25) is 5.95 Å². The van der Waals surface area contributed by atoms with E-state index >= 15 is 0 Å². The Balaban J connectivity index is 2.04. The largest absolute Gasteiger partial charge is 0.368 e. The molecule has 0 amide bonds. The second-order valence-corrected chi connectivity index (χ2v) is 5.24. The Labute approximate surface area is 110 Å². The van der Waals surface area contributed by atoms with Gasteiger partial charge in [-0.15, -0.1) is 0 Å². The molecule has 1 saturated heterocycles. The van der Waals surface area contributed by atoms with Crippen LogP contribution in [0.5, 0.6) is 0 Å². The van der Waals surface area contributed by atoms with Crippen molar-refractivity contribution in [3.8, 4) is 6.07 Å². The number of aromatic nitrogens is 4. The predicted octanol–water partition coefficient (Wildman–Crippen LogP) is 1.07. The minimum atomic E-state index is -0.339. The molecule has 3 heterocycles. The van der Waals surface area contributed by atoms with Crippen LogP contribution in [0.3, 0.4) is 0 Å². The number of aromatic amines is 1. The minimum absolute atomic E-state index is 0.219. The normalized spacial score (nSPS) is 23.5. The van der Waals surface area contributed by atoms with Crippen LogP contribution in [0.2, 0.25) is 0 Å². The highest BCUT2D eigenvalue weighted by atomic mass is 15.2. The van der Waals surface area contributed by atoms with Gasteiger partial charge < -0.3 is 10.6 Å². The van der Waals surface area contributed by atoms with Gasteiger partial charge in [-0.3, -0.25) is 5.10 Å². The van der Waals surface area contributed by atoms with Crippen LogP contribution in [0.15, 0.2) is 6.20 Å². The summed E-state index contributed by atoms with van der Waals surface area (Å²) in [6, 6.07) is 2.40. The second-order valence-electron chi connectivity index (χ2n) is 5.24. The van der Waals surface area contributed by atoms with Crippen molar-refractivity contribution in [1.29, 1.82) is 5.26 Å². The molecule has 19 heavy (non-hydrogen) atoms. The van der Waals surface area contributed by atoms with E-state index in [1.54, 1.807) is 6.20 Å². The van der Waals surface area contributed by atoms with E-state index in [9.17, 15) is 5.26 Å². The van der Waals surface area contributed by atoms with Crippen molar-refractivity contribution in [2.24, 2.45) is 5.41 Å². The zero-order valence-corrected chi connectivity index (χ0v) is 10.7. The summed E-state index contributed by atoms with van der Waals surface area (Å²) in [5.41, 5.74) is 6.02. The molecule has 0 bridgehead atoms. The Morgan fingerprint density at radius 3 is 3.16 bits per heavy atom. The lowest BCUT2D eigenvalue weighted by molar-refractivity contribution is 0.348. The van der Waals surface area contributed by atoms with Gasteiger partial charge in [-0.1, -0.05) is 0 Å². The van der Waals surface area contributed by atoms with E-state index in [1.807, 2.05) is 6.92 Å². The summed E-state index contributed by atoms with van der Waals surface area (Å²) < 4.78 is 0. The van der Waals surface area contributed by atoms with Gasteiger partial charge in [0.25, 0.3) is 0 Å². The van der Waals surface area contributed by atoms with Crippen LogP contribution < -0.4 is 10.6 Å². The number of hydrogen-bond donors (Lipinski definition) is 2. The summed E-state index contributed by atoms with van der Waals surface area (Å²) in [7, 11) is 0. The molecule has 1 aliphatic heterocycles. The summed E-state index contributed by atoms with van der Waals surface area (Å²) in [5.74, 6) is 0.980. The Hall–Kier alpha value is -2.36. The lowest BCUT2D eigenvalue weighted by atomic mass is 9.83. The maximum absolute atomic E-state index is 9.29. The Kier molecular flexibility index (Phi) is 2.52. The minimum Gasteiger partial charge on any atom is -0.368 e. The van der Waals surface area contributed by atoms with Crippen molar-refractivity contribution in [2.45, 2.75) is 19.8 Å². The molecule has 3 rings (SSSR count). The van der Waals surface area contributed by atoms with Crippen molar-refractivity contribution >= 4 is 22.8 Å². The molecule has 1 atom stereocenters. The molecule has 2 aromatic heterocycles. The van der Waals surface area contributed by atoms with Crippen LogP contribution in [-0.4, -0.2) is 33.3 Å². The first kappa shape index (κ1) is 11.7. The summed E-state index contributed by atoms with van der Waals surface area (Å²) in [6.07, 6.45) is 3.57. The van der Waals surface area contributed by atoms with Crippen LogP contribution in [0.4, 0.5) is 11.8 Å². The number of nitrogen functional groups attached to an aromatic ring is 1. The van der Waals surface area contributed by atoms with Crippen LogP contribution in [-0.2, 0) is 0 Å². The molecule has 1 fully saturated rings. The summed E-state index contributed by atoms with van der Waals surface area (Å²) in [5, 5.41) is 16.9. The second kappa shape index (κ2) is 4.09. The fourth-order valence-corrected chi connectivity index (χ4v) is 2.59. The topological polar surface area (TPSA) is 108 Å². The maximum atomic E-state index is 9.29. The zero-order chi connectivity index (χ0) is 13.5. The third kappa shape index (κ3) is 1.95. The SMILES string of the molecule is C[C@]1(C#N)CCCN(c2nc(N)nc3[nH]ncc23)C1. The molecule has 98 valence electrons. The molecule has 0 aromatic carbocycles. The van der Waals surface area contributed by atoms with E-state index in [4.69, 9.17) is 5.73 Å². The molecule has 7 nitrogen and oxygen atoms in total. The van der Waals surface area contributed by atoms with Gasteiger partial charge in [0, 0.05) is 13.1 Å². The van der Waals surface area contributed by atoms with Gasteiger partial charge in [0.05, 0.1) is 23.1 Å². The standard InChI is InChI=1S/C12H15N7/c1-12(6-13)3-2-4-19(7-12)10-8-5-15-18-9(8)16-11(14)17-10/h5H,2-4,7H2,1H3,(H3,14,15,16,17,18)/t12-/m1/s1. The van der Waals surface area contributed by atoms with E-state index in [2.05, 4.69) is 31.1 Å². The van der Waals surface area contributed by atoms with Gasteiger partial charge in [-0.2, -0.15) is 20.3 Å². The van der Waals surface area contributed by atoms with Crippen molar-refractivity contribution in [3.63, 3.8) is 0 Å². The lowest BCUT2D eigenvalue weighted by Gasteiger charge is -2.36. The number of H-pyrrole nitrogens is 1. The van der Waals surface area contributed by atoms with E-state index in [1.165, 1.54) is 0 Å². The van der Waals surface area contributed by atoms with Crippen LogP contribution in [0, 0.1) is 16.7 Å². The quantitative estimate of drug-likeness (QED) is 0.791. The molecule has 2 aromatic rings. The molecule has 0 unspecified atom stereocenters. The zero-order valence-electron chi connectivity index (χ0n) is 10.7. The number of nitriles is 1. The number of nitrogens with zero attached hydrogens (tertiary/aromatic N) is 5. The fraction of sp³-hybridized carbons (Fsp3) is 0.500. The molecule has 7 heteroatoms. The summed E-state index contributed by atoms with van der Waals surface area (Å²) in [4.78, 5) is 10.5. The number of nitrogens with two attached hydrogens (primary N) is 1. The Morgan fingerprint density at radius 2 is 2.37 bits per heavy atom. The predicted molar refractivity (Wildman–Crippen MR) is 71.3 cm³/mol. The molecular formula is C12H15N7. The van der Waals surface area contributed by atoms with Crippen LogP contribution in [0.1, 0.15) is 19.8 Å². The monoisotopic (exact) mass is 257 g/mol. The summed E-state index contributed by atoms with van der Waals surface area (Å²) in [6.45, 7) is 3.50. The molecular weight excluding hydrogens is 242 g/mol. The van der Waals surface area contributed by atoms with Gasteiger partial charge in [-0.25, -0.2) is 0 Å². The van der Waals surface area contributed by atoms with E-state index in [0.29, 0.717) is 12.2 Å². The first-order chi connectivity index (χ1) is 9.11. The average molecular weight is 257 g/mol. The first-order valence-corrected chi connectivity index (χ1v) is 6.24. The number of hydrogen-bond acceptors (Lipinski definition) is 6. The van der Waals surface area contributed by atoms with Crippen LogP contribution in [0.25, 0.3) is 11.0 Å². The first-order valence-electron chi connectivity index (χ1n) is 6.24. The maximum Gasteiger partial charge on any atom is 0.224 e. The fourth-order valence-electron chi connectivity index (χ4n) is 2.59. The highest BCUT2D eigenvalue weighted by Crippen LogP contribution is 2.33. The molecule has 3 N–H and O–H groups in total. The van der Waals surface area contributed by atoms with Gasteiger partial charge in [-0.05, 0) is 19.8 Å². The van der Waals surface area contributed by atoms with Crippen molar-refractivity contribution < 1.29 is 0 Å². The van der Waals surface area contributed by atoms with Crippen molar-refractivity contribution in [3.05, 3.63) is 6.20 Å². The highest BCUT2D eigenvalue weighted by molar-refractivity contribution is 5.87. The number of anilines is 2. The molecule has 1 aliphatic rings. The Bertz CT molecular complexity index is 656. The van der Waals surface area contributed by atoms with Crippen molar-refractivity contribution in [1.82, 2.24) is 20.2 Å². The number of nitrogens with one attached hydrogen (secondary N) is 1. The molecule has 0 aliphatic carbocycles. The van der Waals surface area contributed by atoms with Gasteiger partial charge >= 0.3 is 0 Å². The molecule has 0 saturated carbocycles. The highest BCUT2D eigenvalue weighted by Gasteiger charge is 2.32. The van der Waals surface area contributed by atoms with Gasteiger partial charge in [0.1, 0.15) is 5.82 Å². The number of rotatable bonds is 1. The van der Waals surface area contributed by atoms with Gasteiger partial charge in [0.15, 0.2) is 5.65 Å². The third-order valence-electron chi connectivity index (χ3n) is 3.57. The smallest absolute Gasteiger partial charge is 0.224 e.